The number of rotatable bonds is 7. The van der Waals surface area contributed by atoms with Gasteiger partial charge >= 0.3 is 0 Å². The zero-order chi connectivity index (χ0) is 19.0. The third kappa shape index (κ3) is 4.38. The van der Waals surface area contributed by atoms with Gasteiger partial charge < -0.3 is 10.6 Å². The Bertz CT molecular complexity index is 986. The number of aromatic nitrogens is 1. The van der Waals surface area contributed by atoms with Crippen LogP contribution in [0.3, 0.4) is 0 Å². The lowest BCUT2D eigenvalue weighted by Gasteiger charge is -2.22. The van der Waals surface area contributed by atoms with Crippen LogP contribution in [0.4, 0.5) is 11.5 Å². The fourth-order valence-corrected chi connectivity index (χ4v) is 3.28. The number of hydrogen-bond acceptors (Lipinski definition) is 3. The van der Waals surface area contributed by atoms with Crippen molar-refractivity contribution in [2.75, 3.05) is 17.2 Å². The van der Waals surface area contributed by atoms with E-state index in [1.54, 1.807) is 0 Å². The number of nitrogens with one attached hydrogen (secondary N) is 2. The molecule has 0 aliphatic heterocycles. The SMILES string of the molecule is c1ccc(-c2ccccc2NCC(Nc2ccccn2)c2ccccc2)cc1. The van der Waals surface area contributed by atoms with Gasteiger partial charge in [0.05, 0.1) is 6.04 Å². The summed E-state index contributed by atoms with van der Waals surface area (Å²) >= 11 is 0. The van der Waals surface area contributed by atoms with Crippen LogP contribution in [0, 0.1) is 0 Å². The van der Waals surface area contributed by atoms with Crippen LogP contribution in [0.1, 0.15) is 11.6 Å². The highest BCUT2D eigenvalue weighted by Crippen LogP contribution is 2.28. The molecule has 0 saturated carbocycles. The molecule has 0 aliphatic carbocycles. The summed E-state index contributed by atoms with van der Waals surface area (Å²) in [6, 6.07) is 35.4. The van der Waals surface area contributed by atoms with Crippen molar-refractivity contribution < 1.29 is 0 Å². The predicted molar refractivity (Wildman–Crippen MR) is 117 cm³/mol. The first-order valence-corrected chi connectivity index (χ1v) is 9.51. The molecule has 4 aromatic rings. The minimum absolute atomic E-state index is 0.0972. The lowest BCUT2D eigenvalue weighted by Crippen LogP contribution is -2.21. The summed E-state index contributed by atoms with van der Waals surface area (Å²) in [7, 11) is 0. The molecule has 0 spiro atoms. The maximum absolute atomic E-state index is 4.43. The van der Waals surface area contributed by atoms with Crippen molar-refractivity contribution in [1.82, 2.24) is 4.98 Å². The van der Waals surface area contributed by atoms with Crippen LogP contribution in [-0.4, -0.2) is 11.5 Å². The number of hydrogen-bond donors (Lipinski definition) is 2. The molecule has 3 aromatic carbocycles. The Balaban J connectivity index is 1.57. The average Bonchev–Trinajstić information content (AvgIpc) is 2.79. The standard InChI is InChI=1S/C25H23N3/c1-3-11-20(12-4-1)22-15-7-8-16-23(22)27-19-24(21-13-5-2-6-14-21)28-25-17-9-10-18-26-25/h1-18,24,27H,19H2,(H,26,28). The second-order valence-corrected chi connectivity index (χ2v) is 6.62. The topological polar surface area (TPSA) is 37.0 Å². The molecule has 0 saturated heterocycles. The molecule has 3 nitrogen and oxygen atoms in total. The molecule has 1 atom stereocenters. The van der Waals surface area contributed by atoms with Crippen LogP contribution in [-0.2, 0) is 0 Å². The summed E-state index contributed by atoms with van der Waals surface area (Å²) in [5, 5.41) is 7.19. The van der Waals surface area contributed by atoms with Gasteiger partial charge in [-0.3, -0.25) is 0 Å². The van der Waals surface area contributed by atoms with Gasteiger partial charge in [0.15, 0.2) is 0 Å². The van der Waals surface area contributed by atoms with Crippen molar-refractivity contribution >= 4 is 11.5 Å². The van der Waals surface area contributed by atoms with Crippen molar-refractivity contribution in [2.24, 2.45) is 0 Å². The van der Waals surface area contributed by atoms with E-state index in [0.717, 1.165) is 18.1 Å². The van der Waals surface area contributed by atoms with Crippen LogP contribution in [0.15, 0.2) is 109 Å². The first-order valence-electron chi connectivity index (χ1n) is 9.51. The van der Waals surface area contributed by atoms with E-state index in [1.807, 2.05) is 36.5 Å². The van der Waals surface area contributed by atoms with E-state index in [9.17, 15) is 0 Å². The highest BCUT2D eigenvalue weighted by Gasteiger charge is 2.13. The van der Waals surface area contributed by atoms with Crippen LogP contribution < -0.4 is 10.6 Å². The number of anilines is 2. The molecule has 1 aromatic heterocycles. The molecule has 1 heterocycles. The molecule has 138 valence electrons. The Morgan fingerprint density at radius 1 is 0.679 bits per heavy atom. The van der Waals surface area contributed by atoms with Gasteiger partial charge in [0, 0.05) is 24.0 Å². The Morgan fingerprint density at radius 3 is 2.11 bits per heavy atom. The Labute approximate surface area is 166 Å². The van der Waals surface area contributed by atoms with Crippen molar-refractivity contribution in [3.63, 3.8) is 0 Å². The summed E-state index contributed by atoms with van der Waals surface area (Å²) < 4.78 is 0. The molecule has 3 heteroatoms. The summed E-state index contributed by atoms with van der Waals surface area (Å²) in [5.41, 5.74) is 4.75. The van der Waals surface area contributed by atoms with E-state index in [0.29, 0.717) is 0 Å². The fraction of sp³-hybridized carbons (Fsp3) is 0.0800. The molecule has 0 radical (unpaired) electrons. The summed E-state index contributed by atoms with van der Waals surface area (Å²) in [6.07, 6.45) is 1.81. The van der Waals surface area contributed by atoms with Gasteiger partial charge in [0.25, 0.3) is 0 Å². The summed E-state index contributed by atoms with van der Waals surface area (Å²) in [4.78, 5) is 4.43. The minimum atomic E-state index is 0.0972. The maximum Gasteiger partial charge on any atom is 0.126 e. The Morgan fingerprint density at radius 2 is 1.36 bits per heavy atom. The zero-order valence-corrected chi connectivity index (χ0v) is 15.6. The van der Waals surface area contributed by atoms with E-state index >= 15 is 0 Å². The van der Waals surface area contributed by atoms with Crippen LogP contribution in [0.5, 0.6) is 0 Å². The molecule has 0 fully saturated rings. The normalized spacial score (nSPS) is 11.6. The van der Waals surface area contributed by atoms with Crippen LogP contribution in [0.25, 0.3) is 11.1 Å². The van der Waals surface area contributed by atoms with Crippen molar-refractivity contribution in [3.8, 4) is 11.1 Å². The van der Waals surface area contributed by atoms with Crippen molar-refractivity contribution in [3.05, 3.63) is 115 Å². The number of para-hydroxylation sites is 1. The van der Waals surface area contributed by atoms with Gasteiger partial charge in [-0.05, 0) is 29.3 Å². The summed E-state index contributed by atoms with van der Waals surface area (Å²) in [6.45, 7) is 0.741. The third-order valence-electron chi connectivity index (χ3n) is 4.70. The largest absolute Gasteiger partial charge is 0.382 e. The van der Waals surface area contributed by atoms with E-state index in [-0.39, 0.29) is 6.04 Å². The quantitative estimate of drug-likeness (QED) is 0.421. The van der Waals surface area contributed by atoms with Crippen LogP contribution >= 0.6 is 0 Å². The molecule has 0 aliphatic rings. The van der Waals surface area contributed by atoms with Gasteiger partial charge in [-0.2, -0.15) is 0 Å². The van der Waals surface area contributed by atoms with E-state index in [2.05, 4.69) is 88.4 Å². The monoisotopic (exact) mass is 365 g/mol. The average molecular weight is 365 g/mol. The predicted octanol–water partition coefficient (Wildman–Crippen LogP) is 6.01. The molecule has 28 heavy (non-hydrogen) atoms. The summed E-state index contributed by atoms with van der Waals surface area (Å²) in [5.74, 6) is 0.870. The Kier molecular flexibility index (Phi) is 5.64. The van der Waals surface area contributed by atoms with Gasteiger partial charge in [-0.25, -0.2) is 4.98 Å². The Hall–Kier alpha value is -3.59. The highest BCUT2D eigenvalue weighted by atomic mass is 15.0. The van der Waals surface area contributed by atoms with Gasteiger partial charge in [0.1, 0.15) is 5.82 Å². The third-order valence-corrected chi connectivity index (χ3v) is 4.70. The maximum atomic E-state index is 4.43. The number of pyridine rings is 1. The fourth-order valence-electron chi connectivity index (χ4n) is 3.28. The van der Waals surface area contributed by atoms with E-state index in [4.69, 9.17) is 0 Å². The van der Waals surface area contributed by atoms with Crippen molar-refractivity contribution in [2.45, 2.75) is 6.04 Å². The lowest BCUT2D eigenvalue weighted by molar-refractivity contribution is 0.815. The van der Waals surface area contributed by atoms with E-state index in [1.165, 1.54) is 16.7 Å². The highest BCUT2D eigenvalue weighted by molar-refractivity contribution is 5.77. The minimum Gasteiger partial charge on any atom is -0.382 e. The molecule has 1 unspecified atom stereocenters. The molecular formula is C25H23N3. The molecule has 0 amide bonds. The second-order valence-electron chi connectivity index (χ2n) is 6.62. The van der Waals surface area contributed by atoms with Crippen molar-refractivity contribution in [1.29, 1.82) is 0 Å². The number of benzene rings is 3. The smallest absolute Gasteiger partial charge is 0.126 e. The zero-order valence-electron chi connectivity index (χ0n) is 15.6. The van der Waals surface area contributed by atoms with Gasteiger partial charge in [-0.1, -0.05) is 84.9 Å². The molecule has 4 rings (SSSR count). The first kappa shape index (κ1) is 17.8. The van der Waals surface area contributed by atoms with Gasteiger partial charge in [0.2, 0.25) is 0 Å². The molecular weight excluding hydrogens is 342 g/mol. The molecule has 0 bridgehead atoms. The second kappa shape index (κ2) is 8.87. The van der Waals surface area contributed by atoms with Crippen LogP contribution in [0.2, 0.25) is 0 Å². The van der Waals surface area contributed by atoms with E-state index < -0.39 is 0 Å². The molecule has 2 N–H and O–H groups in total. The number of nitrogens with zero attached hydrogens (tertiary/aromatic N) is 1. The lowest BCUT2D eigenvalue weighted by atomic mass is 10.0. The first-order chi connectivity index (χ1) is 13.9. The van der Waals surface area contributed by atoms with Gasteiger partial charge in [-0.15, -0.1) is 0 Å².